The fourth-order valence-electron chi connectivity index (χ4n) is 0.890. The number of ketones is 1. The molecule has 0 unspecified atom stereocenters. The second kappa shape index (κ2) is 5.21. The quantitative estimate of drug-likeness (QED) is 0.422. The first-order valence-corrected chi connectivity index (χ1v) is 5.19. The van der Waals surface area contributed by atoms with E-state index in [0.29, 0.717) is 5.56 Å². The van der Waals surface area contributed by atoms with E-state index >= 15 is 0 Å². The van der Waals surface area contributed by atoms with Crippen molar-refractivity contribution in [2.24, 2.45) is 0 Å². The molecular weight excluding hydrogens is 214 g/mol. The number of benzene rings is 1. The molecule has 0 radical (unpaired) electrons. The van der Waals surface area contributed by atoms with Gasteiger partial charge in [-0.15, -0.1) is 0 Å². The molecule has 0 aliphatic heterocycles. The number of hydrogen-bond acceptors (Lipinski definition) is 2. The second-order valence-electron chi connectivity index (χ2n) is 2.65. The average Bonchev–Trinajstić information content (AvgIpc) is 2.03. The van der Waals surface area contributed by atoms with Gasteiger partial charge >= 0.3 is 37.2 Å². The molecule has 0 bridgehead atoms. The van der Waals surface area contributed by atoms with Crippen LogP contribution in [0.25, 0.3) is 0 Å². The number of carbonyl (C=O) groups excluding carboxylic acids is 1. The zero-order valence-corrected chi connectivity index (χ0v) is 7.86. The second-order valence-corrected chi connectivity index (χ2v) is 4.25. The molecule has 72 valence electrons. The van der Waals surface area contributed by atoms with Crippen LogP contribution in [0.2, 0.25) is 0 Å². The topological polar surface area (TPSA) is 74.6 Å². The Morgan fingerprint density at radius 3 is 1.93 bits per heavy atom. The third kappa shape index (κ3) is 3.65. The maximum absolute atomic E-state index is 10.8. The molecule has 0 fully saturated rings. The Hall–Kier alpha value is 0.0400. The van der Waals surface area contributed by atoms with E-state index in [9.17, 15) is 9.36 Å². The van der Waals surface area contributed by atoms with Gasteiger partial charge in [-0.05, 0) is 19.1 Å². The van der Waals surface area contributed by atoms with Crippen LogP contribution in [0, 0.1) is 0 Å². The van der Waals surface area contributed by atoms with E-state index in [4.69, 9.17) is 9.79 Å². The molecule has 4 nitrogen and oxygen atoms in total. The molecule has 0 heterocycles. The van der Waals surface area contributed by atoms with E-state index in [2.05, 4.69) is 0 Å². The van der Waals surface area contributed by atoms with E-state index in [1.165, 1.54) is 31.2 Å². The summed E-state index contributed by atoms with van der Waals surface area (Å²) in [5.41, 5.74) is 0.442. The summed E-state index contributed by atoms with van der Waals surface area (Å²) < 4.78 is 10.7. The van der Waals surface area contributed by atoms with Crippen molar-refractivity contribution >= 4 is 48.2 Å². The van der Waals surface area contributed by atoms with Gasteiger partial charge in [0.2, 0.25) is 0 Å². The average molecular weight is 224 g/mol. The standard InChI is InChI=1S/C8H9O4P.Na.H/c1-6(9)7-2-4-8(5-3-7)13(10,11)12;;/h2-5H,1H3,(H2,10,11,12);;. The third-order valence-corrected chi connectivity index (χ3v) is 2.58. The summed E-state index contributed by atoms with van der Waals surface area (Å²) in [7, 11) is -4.18. The SMILES string of the molecule is CC(=O)c1ccc(P(=O)(O)O)cc1.[NaH]. The molecule has 0 atom stereocenters. The minimum atomic E-state index is -4.18. The minimum absolute atomic E-state index is 0. The van der Waals surface area contributed by atoms with Crippen LogP contribution in [0.5, 0.6) is 0 Å². The monoisotopic (exact) mass is 224 g/mol. The first-order valence-electron chi connectivity index (χ1n) is 3.58. The summed E-state index contributed by atoms with van der Waals surface area (Å²) in [6, 6.07) is 5.32. The zero-order valence-electron chi connectivity index (χ0n) is 6.97. The van der Waals surface area contributed by atoms with E-state index in [1.807, 2.05) is 0 Å². The molecule has 0 amide bonds. The van der Waals surface area contributed by atoms with Crippen molar-refractivity contribution < 1.29 is 19.1 Å². The van der Waals surface area contributed by atoms with Crippen LogP contribution in [0.3, 0.4) is 0 Å². The van der Waals surface area contributed by atoms with Gasteiger partial charge in [0.1, 0.15) is 0 Å². The summed E-state index contributed by atoms with van der Waals surface area (Å²) in [6.45, 7) is 1.40. The van der Waals surface area contributed by atoms with Crippen LogP contribution < -0.4 is 5.30 Å². The molecule has 1 aromatic carbocycles. The fourth-order valence-corrected chi connectivity index (χ4v) is 1.43. The molecule has 14 heavy (non-hydrogen) atoms. The fraction of sp³-hybridized carbons (Fsp3) is 0.125. The van der Waals surface area contributed by atoms with Crippen LogP contribution in [-0.2, 0) is 4.57 Å². The summed E-state index contributed by atoms with van der Waals surface area (Å²) in [5.74, 6) is -0.128. The Kier molecular flexibility index (Phi) is 5.23. The molecule has 0 spiro atoms. The van der Waals surface area contributed by atoms with Crippen molar-refractivity contribution in [2.45, 2.75) is 6.92 Å². The third-order valence-electron chi connectivity index (χ3n) is 1.61. The molecule has 0 saturated carbocycles. The molecule has 2 N–H and O–H groups in total. The molecule has 1 aromatic rings. The van der Waals surface area contributed by atoms with Gasteiger partial charge in [-0.1, -0.05) is 12.1 Å². The Morgan fingerprint density at radius 1 is 1.21 bits per heavy atom. The maximum atomic E-state index is 10.8. The number of Topliss-reactive ketones (excluding diaryl/α,β-unsaturated/α-hetero) is 1. The Bertz CT molecular complexity index is 367. The molecular formula is C8H10NaO4P. The van der Waals surface area contributed by atoms with Gasteiger partial charge in [0, 0.05) is 5.56 Å². The first-order chi connectivity index (χ1) is 5.91. The summed E-state index contributed by atoms with van der Waals surface area (Å²) in [6.07, 6.45) is 0. The Morgan fingerprint density at radius 2 is 1.64 bits per heavy atom. The molecule has 0 saturated heterocycles. The van der Waals surface area contributed by atoms with Gasteiger partial charge in [-0.2, -0.15) is 0 Å². The summed E-state index contributed by atoms with van der Waals surface area (Å²) in [4.78, 5) is 28.3. The molecule has 1 rings (SSSR count). The van der Waals surface area contributed by atoms with Gasteiger partial charge in [-0.25, -0.2) is 0 Å². The van der Waals surface area contributed by atoms with Crippen LogP contribution >= 0.6 is 7.60 Å². The van der Waals surface area contributed by atoms with Crippen molar-refractivity contribution in [1.29, 1.82) is 0 Å². The van der Waals surface area contributed by atoms with Crippen molar-refractivity contribution in [3.05, 3.63) is 29.8 Å². The van der Waals surface area contributed by atoms with Crippen molar-refractivity contribution in [3.8, 4) is 0 Å². The van der Waals surface area contributed by atoms with Gasteiger partial charge in [0.15, 0.2) is 5.78 Å². The molecule has 6 heteroatoms. The summed E-state index contributed by atoms with van der Waals surface area (Å²) in [5, 5.41) is -0.0718. The number of hydrogen-bond donors (Lipinski definition) is 2. The Labute approximate surface area is 104 Å². The van der Waals surface area contributed by atoms with Gasteiger partial charge in [0.25, 0.3) is 0 Å². The van der Waals surface area contributed by atoms with Gasteiger partial charge in [-0.3, -0.25) is 9.36 Å². The van der Waals surface area contributed by atoms with Crippen LogP contribution in [0.4, 0.5) is 0 Å². The van der Waals surface area contributed by atoms with Crippen LogP contribution in [0.1, 0.15) is 17.3 Å². The predicted molar refractivity (Wildman–Crippen MR) is 55.3 cm³/mol. The number of rotatable bonds is 2. The van der Waals surface area contributed by atoms with E-state index in [0.717, 1.165) is 0 Å². The van der Waals surface area contributed by atoms with E-state index in [-0.39, 0.29) is 40.6 Å². The van der Waals surface area contributed by atoms with Crippen molar-refractivity contribution in [3.63, 3.8) is 0 Å². The van der Waals surface area contributed by atoms with Crippen molar-refractivity contribution in [2.75, 3.05) is 0 Å². The molecule has 0 aromatic heterocycles. The molecule has 0 aliphatic carbocycles. The van der Waals surface area contributed by atoms with Crippen LogP contribution in [0.15, 0.2) is 24.3 Å². The van der Waals surface area contributed by atoms with Crippen LogP contribution in [-0.4, -0.2) is 45.1 Å². The zero-order chi connectivity index (χ0) is 10.1. The summed E-state index contributed by atoms with van der Waals surface area (Å²) >= 11 is 0. The van der Waals surface area contributed by atoms with E-state index < -0.39 is 7.60 Å². The number of carbonyl (C=O) groups is 1. The molecule has 0 aliphatic rings. The van der Waals surface area contributed by atoms with Gasteiger partial charge < -0.3 is 9.79 Å². The Balaban J connectivity index is 0.00000169. The van der Waals surface area contributed by atoms with Gasteiger partial charge in [0.05, 0.1) is 5.30 Å². The van der Waals surface area contributed by atoms with E-state index in [1.54, 1.807) is 0 Å². The predicted octanol–water partition coefficient (Wildman–Crippen LogP) is 0.0437. The normalized spacial score (nSPS) is 10.5. The first kappa shape index (κ1) is 14.0. The van der Waals surface area contributed by atoms with Crippen molar-refractivity contribution in [1.82, 2.24) is 0 Å².